The third-order valence-electron chi connectivity index (χ3n) is 3.24. The van der Waals surface area contributed by atoms with E-state index < -0.39 is 0 Å². The smallest absolute Gasteiger partial charge is 0.233 e. The normalized spacial score (nSPS) is 19.1. The highest BCUT2D eigenvalue weighted by molar-refractivity contribution is 8.00. The molecule has 0 radical (unpaired) electrons. The van der Waals surface area contributed by atoms with Gasteiger partial charge in [-0.1, -0.05) is 29.8 Å². The SMILES string of the molecule is O=C1NCCCC[C@H]1Sc1nnnn1-c1ccc(Cl)cc1. The molecule has 1 fully saturated rings. The van der Waals surface area contributed by atoms with Crippen molar-refractivity contribution in [1.82, 2.24) is 25.5 Å². The Balaban J connectivity index is 1.82. The maximum absolute atomic E-state index is 12.0. The van der Waals surface area contributed by atoms with Gasteiger partial charge in [-0.2, -0.15) is 4.68 Å². The molecule has 0 aliphatic carbocycles. The predicted molar refractivity (Wildman–Crippen MR) is 80.7 cm³/mol. The van der Waals surface area contributed by atoms with Crippen molar-refractivity contribution in [2.45, 2.75) is 29.7 Å². The van der Waals surface area contributed by atoms with Crippen LogP contribution in [0.3, 0.4) is 0 Å². The molecule has 2 heterocycles. The van der Waals surface area contributed by atoms with Gasteiger partial charge in [-0.05, 0) is 47.5 Å². The first-order chi connectivity index (χ1) is 10.2. The summed E-state index contributed by atoms with van der Waals surface area (Å²) in [5, 5.41) is 15.8. The summed E-state index contributed by atoms with van der Waals surface area (Å²) in [6, 6.07) is 7.25. The minimum Gasteiger partial charge on any atom is -0.355 e. The van der Waals surface area contributed by atoms with Crippen LogP contribution in [0.1, 0.15) is 19.3 Å². The molecule has 1 amide bonds. The van der Waals surface area contributed by atoms with Gasteiger partial charge in [0.1, 0.15) is 0 Å². The lowest BCUT2D eigenvalue weighted by Crippen LogP contribution is -2.30. The van der Waals surface area contributed by atoms with E-state index in [1.165, 1.54) is 11.8 Å². The Morgan fingerprint density at radius 2 is 2.10 bits per heavy atom. The van der Waals surface area contributed by atoms with Crippen LogP contribution < -0.4 is 5.32 Å². The molecular weight excluding hydrogens is 310 g/mol. The molecule has 1 aromatic heterocycles. The van der Waals surface area contributed by atoms with Gasteiger partial charge in [0, 0.05) is 11.6 Å². The van der Waals surface area contributed by atoms with E-state index >= 15 is 0 Å². The Hall–Kier alpha value is -1.60. The topological polar surface area (TPSA) is 72.7 Å². The molecule has 1 N–H and O–H groups in total. The van der Waals surface area contributed by atoms with Gasteiger partial charge in [-0.3, -0.25) is 4.79 Å². The summed E-state index contributed by atoms with van der Waals surface area (Å²) < 4.78 is 1.62. The molecule has 1 atom stereocenters. The van der Waals surface area contributed by atoms with Gasteiger partial charge in [-0.15, -0.1) is 5.10 Å². The number of hydrogen-bond donors (Lipinski definition) is 1. The fraction of sp³-hybridized carbons (Fsp3) is 0.385. The van der Waals surface area contributed by atoms with Crippen LogP contribution in [-0.2, 0) is 4.79 Å². The molecule has 6 nitrogen and oxygen atoms in total. The molecule has 110 valence electrons. The van der Waals surface area contributed by atoms with E-state index in [-0.39, 0.29) is 11.2 Å². The maximum atomic E-state index is 12.0. The highest BCUT2D eigenvalue weighted by atomic mass is 35.5. The summed E-state index contributed by atoms with van der Waals surface area (Å²) in [4.78, 5) is 12.0. The summed E-state index contributed by atoms with van der Waals surface area (Å²) in [5.74, 6) is 0.0585. The lowest BCUT2D eigenvalue weighted by Gasteiger charge is -2.12. The van der Waals surface area contributed by atoms with E-state index in [1.807, 2.05) is 12.1 Å². The summed E-state index contributed by atoms with van der Waals surface area (Å²) in [6.45, 7) is 0.748. The number of carbonyl (C=O) groups is 1. The number of thioether (sulfide) groups is 1. The molecule has 0 unspecified atom stereocenters. The Morgan fingerprint density at radius 3 is 2.90 bits per heavy atom. The van der Waals surface area contributed by atoms with Crippen LogP contribution >= 0.6 is 23.4 Å². The van der Waals surface area contributed by atoms with Crippen molar-refractivity contribution in [3.8, 4) is 5.69 Å². The molecule has 2 aromatic rings. The molecule has 3 rings (SSSR count). The van der Waals surface area contributed by atoms with Crippen molar-refractivity contribution >= 4 is 29.3 Å². The number of amides is 1. The average Bonchev–Trinajstić information content (AvgIpc) is 2.85. The Kier molecular flexibility index (Phi) is 4.40. The standard InChI is InChI=1S/C13H14ClN5OS/c14-9-4-6-10(7-5-9)19-13(16-17-18-19)21-11-3-1-2-8-15-12(11)20/h4-7,11H,1-3,8H2,(H,15,20)/t11-/m1/s1. The first-order valence-electron chi connectivity index (χ1n) is 6.73. The molecule has 1 aliphatic heterocycles. The number of halogens is 1. The van der Waals surface area contributed by atoms with Gasteiger partial charge >= 0.3 is 0 Å². The quantitative estimate of drug-likeness (QED) is 0.936. The third-order valence-corrected chi connectivity index (χ3v) is 4.70. The van der Waals surface area contributed by atoms with E-state index in [0.29, 0.717) is 10.2 Å². The Labute approximate surface area is 131 Å². The minimum atomic E-state index is -0.149. The second-order valence-corrected chi connectivity index (χ2v) is 6.35. The number of aromatic nitrogens is 4. The number of tetrazole rings is 1. The number of hydrogen-bond acceptors (Lipinski definition) is 5. The maximum Gasteiger partial charge on any atom is 0.233 e. The van der Waals surface area contributed by atoms with Crippen LogP contribution in [0.15, 0.2) is 29.4 Å². The van der Waals surface area contributed by atoms with Crippen LogP contribution in [0.2, 0.25) is 5.02 Å². The Bertz CT molecular complexity index is 630. The molecule has 21 heavy (non-hydrogen) atoms. The van der Waals surface area contributed by atoms with Crippen LogP contribution in [0, 0.1) is 0 Å². The largest absolute Gasteiger partial charge is 0.355 e. The van der Waals surface area contributed by atoms with Crippen molar-refractivity contribution in [2.24, 2.45) is 0 Å². The number of rotatable bonds is 3. The van der Waals surface area contributed by atoms with E-state index in [2.05, 4.69) is 20.8 Å². The fourth-order valence-electron chi connectivity index (χ4n) is 2.15. The summed E-state index contributed by atoms with van der Waals surface area (Å²) in [7, 11) is 0. The van der Waals surface area contributed by atoms with Gasteiger partial charge in [0.25, 0.3) is 0 Å². The number of carbonyl (C=O) groups excluding carboxylic acids is 1. The number of benzene rings is 1. The van der Waals surface area contributed by atoms with Gasteiger partial charge in [-0.25, -0.2) is 0 Å². The fourth-order valence-corrected chi connectivity index (χ4v) is 3.33. The van der Waals surface area contributed by atoms with Gasteiger partial charge in [0.05, 0.1) is 10.9 Å². The molecular formula is C13H14ClN5OS. The molecule has 0 bridgehead atoms. The number of nitrogens with one attached hydrogen (secondary N) is 1. The molecule has 1 aromatic carbocycles. The van der Waals surface area contributed by atoms with Crippen LogP contribution in [0.4, 0.5) is 0 Å². The van der Waals surface area contributed by atoms with Crippen molar-refractivity contribution in [3.05, 3.63) is 29.3 Å². The minimum absolute atomic E-state index is 0.0585. The summed E-state index contributed by atoms with van der Waals surface area (Å²) in [6.07, 6.45) is 2.88. The lowest BCUT2D eigenvalue weighted by atomic mass is 10.2. The van der Waals surface area contributed by atoms with Crippen molar-refractivity contribution < 1.29 is 4.79 Å². The molecule has 8 heteroatoms. The third kappa shape index (κ3) is 3.36. The summed E-state index contributed by atoms with van der Waals surface area (Å²) in [5.41, 5.74) is 0.820. The van der Waals surface area contributed by atoms with Crippen LogP contribution in [-0.4, -0.2) is 37.9 Å². The zero-order valence-corrected chi connectivity index (χ0v) is 12.8. The van der Waals surface area contributed by atoms with Gasteiger partial charge in [0.2, 0.25) is 11.1 Å². The van der Waals surface area contributed by atoms with E-state index in [9.17, 15) is 4.79 Å². The zero-order chi connectivity index (χ0) is 14.7. The molecule has 1 aliphatic rings. The van der Waals surface area contributed by atoms with Crippen molar-refractivity contribution in [1.29, 1.82) is 0 Å². The van der Waals surface area contributed by atoms with Crippen molar-refractivity contribution in [2.75, 3.05) is 6.54 Å². The summed E-state index contributed by atoms with van der Waals surface area (Å²) >= 11 is 7.29. The van der Waals surface area contributed by atoms with Gasteiger partial charge in [0.15, 0.2) is 0 Å². The second-order valence-electron chi connectivity index (χ2n) is 4.74. The lowest BCUT2D eigenvalue weighted by molar-refractivity contribution is -0.120. The second kappa shape index (κ2) is 6.44. The Morgan fingerprint density at radius 1 is 1.29 bits per heavy atom. The molecule has 0 saturated carbocycles. The highest BCUT2D eigenvalue weighted by Gasteiger charge is 2.24. The van der Waals surface area contributed by atoms with Crippen molar-refractivity contribution in [3.63, 3.8) is 0 Å². The van der Waals surface area contributed by atoms with Crippen LogP contribution in [0.25, 0.3) is 5.69 Å². The van der Waals surface area contributed by atoms with Gasteiger partial charge < -0.3 is 5.32 Å². The zero-order valence-electron chi connectivity index (χ0n) is 11.2. The molecule has 1 saturated heterocycles. The predicted octanol–water partition coefficient (Wildman–Crippen LogP) is 2.08. The first kappa shape index (κ1) is 14.3. The van der Waals surface area contributed by atoms with E-state index in [1.54, 1.807) is 16.8 Å². The number of nitrogens with zero attached hydrogens (tertiary/aromatic N) is 4. The first-order valence-corrected chi connectivity index (χ1v) is 7.98. The van der Waals surface area contributed by atoms with E-state index in [4.69, 9.17) is 11.6 Å². The highest BCUT2D eigenvalue weighted by Crippen LogP contribution is 2.27. The average molecular weight is 324 g/mol. The molecule has 0 spiro atoms. The van der Waals surface area contributed by atoms with Crippen LogP contribution in [0.5, 0.6) is 0 Å². The van der Waals surface area contributed by atoms with E-state index in [0.717, 1.165) is 31.5 Å². The monoisotopic (exact) mass is 323 g/mol.